The second-order valence-electron chi connectivity index (χ2n) is 8.19. The highest BCUT2D eigenvalue weighted by Gasteiger charge is 2.51. The smallest absolute Gasteiger partial charge is 0.309 e. The van der Waals surface area contributed by atoms with Gasteiger partial charge in [0.2, 0.25) is 0 Å². The SMILES string of the molecule is C[C@H](C[C@H]1C[C@H](C)C(=O)O1)[C@H]1CC[C@H]2/C(=C/Br)CCC[C@]12C. The maximum absolute atomic E-state index is 11.6. The first-order chi connectivity index (χ1) is 10.5. The van der Waals surface area contributed by atoms with Gasteiger partial charge in [0.25, 0.3) is 0 Å². The topological polar surface area (TPSA) is 26.3 Å². The van der Waals surface area contributed by atoms with Gasteiger partial charge in [0.05, 0.1) is 5.92 Å². The Balaban J connectivity index is 1.68. The van der Waals surface area contributed by atoms with Gasteiger partial charge in [0.15, 0.2) is 0 Å². The Kier molecular flexibility index (Phi) is 4.74. The van der Waals surface area contributed by atoms with E-state index in [0.717, 1.165) is 24.7 Å². The zero-order valence-corrected chi connectivity index (χ0v) is 15.7. The van der Waals surface area contributed by atoms with Gasteiger partial charge in [-0.2, -0.15) is 0 Å². The van der Waals surface area contributed by atoms with Crippen LogP contribution in [0.5, 0.6) is 0 Å². The summed E-state index contributed by atoms with van der Waals surface area (Å²) < 4.78 is 5.56. The van der Waals surface area contributed by atoms with Crippen molar-refractivity contribution in [1.29, 1.82) is 0 Å². The van der Waals surface area contributed by atoms with E-state index in [2.05, 4.69) is 34.8 Å². The number of hydrogen-bond donors (Lipinski definition) is 0. The van der Waals surface area contributed by atoms with Crippen molar-refractivity contribution in [2.75, 3.05) is 0 Å². The summed E-state index contributed by atoms with van der Waals surface area (Å²) in [4.78, 5) is 13.8. The molecule has 1 heterocycles. The molecule has 6 atom stereocenters. The van der Waals surface area contributed by atoms with Gasteiger partial charge in [0, 0.05) is 0 Å². The summed E-state index contributed by atoms with van der Waals surface area (Å²) in [6.07, 6.45) is 8.76. The molecular formula is C19H29BrO2. The minimum Gasteiger partial charge on any atom is -0.462 e. The zero-order chi connectivity index (χ0) is 15.9. The van der Waals surface area contributed by atoms with Crippen LogP contribution in [0.2, 0.25) is 0 Å². The number of carbonyl (C=O) groups excluding carboxylic acids is 1. The highest BCUT2D eigenvalue weighted by atomic mass is 79.9. The summed E-state index contributed by atoms with van der Waals surface area (Å²) in [5.74, 6) is 2.29. The van der Waals surface area contributed by atoms with E-state index >= 15 is 0 Å². The molecule has 1 saturated heterocycles. The van der Waals surface area contributed by atoms with Gasteiger partial charge in [-0.15, -0.1) is 0 Å². The maximum atomic E-state index is 11.6. The van der Waals surface area contributed by atoms with Gasteiger partial charge in [0.1, 0.15) is 6.10 Å². The number of halogens is 1. The van der Waals surface area contributed by atoms with Crippen molar-refractivity contribution in [3.63, 3.8) is 0 Å². The van der Waals surface area contributed by atoms with Crippen molar-refractivity contribution < 1.29 is 9.53 Å². The first kappa shape index (κ1) is 16.5. The van der Waals surface area contributed by atoms with Crippen molar-refractivity contribution >= 4 is 21.9 Å². The van der Waals surface area contributed by atoms with Crippen LogP contribution < -0.4 is 0 Å². The zero-order valence-electron chi connectivity index (χ0n) is 14.1. The van der Waals surface area contributed by atoms with Gasteiger partial charge >= 0.3 is 5.97 Å². The molecule has 0 spiro atoms. The van der Waals surface area contributed by atoms with Crippen molar-refractivity contribution in [3.8, 4) is 0 Å². The van der Waals surface area contributed by atoms with Crippen LogP contribution in [0.25, 0.3) is 0 Å². The molecule has 124 valence electrons. The predicted molar refractivity (Wildman–Crippen MR) is 92.6 cm³/mol. The van der Waals surface area contributed by atoms with Crippen LogP contribution in [0.3, 0.4) is 0 Å². The number of carbonyl (C=O) groups is 1. The minimum absolute atomic E-state index is 0.00915. The lowest BCUT2D eigenvalue weighted by Gasteiger charge is -2.44. The lowest BCUT2D eigenvalue weighted by atomic mass is 9.61. The predicted octanol–water partition coefficient (Wildman–Crippen LogP) is 5.46. The standard InChI is InChI=1S/C19H29BrO2/c1-12(9-15-10-13(2)18(21)22-15)16-6-7-17-14(11-20)5-4-8-19(16,17)3/h11-13,15-17H,4-10H2,1-3H3/b14-11+/t12-,13+,15+,16-,17+,19-/m1/s1. The Labute approximate surface area is 143 Å². The van der Waals surface area contributed by atoms with Crippen molar-refractivity contribution in [1.82, 2.24) is 0 Å². The van der Waals surface area contributed by atoms with Crippen LogP contribution in [0, 0.1) is 29.1 Å². The molecule has 3 rings (SSSR count). The average molecular weight is 369 g/mol. The lowest BCUT2D eigenvalue weighted by molar-refractivity contribution is -0.144. The summed E-state index contributed by atoms with van der Waals surface area (Å²) in [6.45, 7) is 6.90. The minimum atomic E-state index is 0.00915. The van der Waals surface area contributed by atoms with Crippen molar-refractivity contribution in [2.45, 2.75) is 71.8 Å². The van der Waals surface area contributed by atoms with E-state index in [0.29, 0.717) is 11.3 Å². The van der Waals surface area contributed by atoms with Crippen LogP contribution >= 0.6 is 15.9 Å². The van der Waals surface area contributed by atoms with Crippen LogP contribution in [-0.4, -0.2) is 12.1 Å². The molecule has 1 aliphatic heterocycles. The van der Waals surface area contributed by atoms with Crippen LogP contribution in [0.15, 0.2) is 10.6 Å². The second kappa shape index (κ2) is 6.30. The van der Waals surface area contributed by atoms with E-state index in [1.54, 1.807) is 5.57 Å². The van der Waals surface area contributed by atoms with Gasteiger partial charge in [-0.1, -0.05) is 42.3 Å². The van der Waals surface area contributed by atoms with E-state index in [1.165, 1.54) is 32.1 Å². The fourth-order valence-electron chi connectivity index (χ4n) is 5.69. The normalized spacial score (nSPS) is 44.9. The molecule has 0 unspecified atom stereocenters. The summed E-state index contributed by atoms with van der Waals surface area (Å²) in [5.41, 5.74) is 2.08. The first-order valence-corrected chi connectivity index (χ1v) is 9.87. The van der Waals surface area contributed by atoms with E-state index in [9.17, 15) is 4.79 Å². The van der Waals surface area contributed by atoms with Gasteiger partial charge in [-0.3, -0.25) is 4.79 Å². The third-order valence-corrected chi connectivity index (χ3v) is 7.39. The molecule has 0 aromatic rings. The highest BCUT2D eigenvalue weighted by molar-refractivity contribution is 9.11. The number of fused-ring (bicyclic) bond motifs is 1. The van der Waals surface area contributed by atoms with E-state index < -0.39 is 0 Å². The van der Waals surface area contributed by atoms with E-state index in [4.69, 9.17) is 4.74 Å². The van der Waals surface area contributed by atoms with Crippen LogP contribution in [0.1, 0.15) is 65.7 Å². The summed E-state index contributed by atoms with van der Waals surface area (Å²) in [5, 5.41) is 0. The average Bonchev–Trinajstić information content (AvgIpc) is 2.98. The third-order valence-electron chi connectivity index (χ3n) is 6.80. The number of allylic oxidation sites excluding steroid dienone is 1. The molecule has 22 heavy (non-hydrogen) atoms. The Morgan fingerprint density at radius 3 is 2.86 bits per heavy atom. The molecule has 0 aromatic heterocycles. The highest BCUT2D eigenvalue weighted by Crippen LogP contribution is 2.60. The van der Waals surface area contributed by atoms with Gasteiger partial charge < -0.3 is 4.74 Å². The number of rotatable bonds is 3. The summed E-state index contributed by atoms with van der Waals surface area (Å²) in [7, 11) is 0. The summed E-state index contributed by atoms with van der Waals surface area (Å²) >= 11 is 3.59. The van der Waals surface area contributed by atoms with Gasteiger partial charge in [-0.05, 0) is 73.1 Å². The first-order valence-electron chi connectivity index (χ1n) is 8.95. The second-order valence-corrected chi connectivity index (χ2v) is 8.65. The Morgan fingerprint density at radius 2 is 2.23 bits per heavy atom. The summed E-state index contributed by atoms with van der Waals surface area (Å²) in [6, 6.07) is 0. The van der Waals surface area contributed by atoms with Crippen LogP contribution in [0.4, 0.5) is 0 Å². The quantitative estimate of drug-likeness (QED) is 0.618. The lowest BCUT2D eigenvalue weighted by Crippen LogP contribution is -2.36. The molecule has 2 nitrogen and oxygen atoms in total. The number of ether oxygens (including phenoxy) is 1. The molecular weight excluding hydrogens is 340 g/mol. The fourth-order valence-corrected chi connectivity index (χ4v) is 6.24. The Morgan fingerprint density at radius 1 is 1.45 bits per heavy atom. The van der Waals surface area contributed by atoms with Gasteiger partial charge in [-0.25, -0.2) is 0 Å². The number of cyclic esters (lactones) is 1. The molecule has 3 heteroatoms. The fraction of sp³-hybridized carbons (Fsp3) is 0.842. The molecule has 3 fully saturated rings. The molecule has 0 aromatic carbocycles. The molecule has 2 saturated carbocycles. The maximum Gasteiger partial charge on any atom is 0.309 e. The molecule has 0 N–H and O–H groups in total. The number of esters is 1. The largest absolute Gasteiger partial charge is 0.462 e. The monoisotopic (exact) mass is 368 g/mol. The third kappa shape index (κ3) is 2.79. The molecule has 0 bridgehead atoms. The van der Waals surface area contributed by atoms with Crippen molar-refractivity contribution in [3.05, 3.63) is 10.6 Å². The Hall–Kier alpha value is -0.310. The Bertz CT molecular complexity index is 472. The molecule has 0 amide bonds. The molecule has 3 aliphatic rings. The molecule has 2 aliphatic carbocycles. The van der Waals surface area contributed by atoms with Crippen molar-refractivity contribution in [2.24, 2.45) is 29.1 Å². The number of hydrogen-bond acceptors (Lipinski definition) is 2. The van der Waals surface area contributed by atoms with E-state index in [-0.39, 0.29) is 18.0 Å². The van der Waals surface area contributed by atoms with E-state index in [1.807, 2.05) is 6.92 Å². The van der Waals surface area contributed by atoms with Crippen LogP contribution in [-0.2, 0) is 9.53 Å². The molecule has 0 radical (unpaired) electrons.